The zero-order valence-electron chi connectivity index (χ0n) is 11.6. The van der Waals surface area contributed by atoms with Crippen LogP contribution in [0, 0.1) is 11.3 Å². The van der Waals surface area contributed by atoms with Gasteiger partial charge in [0.05, 0.1) is 5.69 Å². The molecule has 0 saturated heterocycles. The summed E-state index contributed by atoms with van der Waals surface area (Å²) in [5.41, 5.74) is 7.37. The molecule has 102 valence electrons. The molecule has 3 aromatic rings. The topological polar surface area (TPSA) is 65.9 Å². The largest absolute Gasteiger partial charge is 0.396 e. The second-order valence-corrected chi connectivity index (χ2v) is 4.81. The summed E-state index contributed by atoms with van der Waals surface area (Å²) < 4.78 is 0. The lowest BCUT2D eigenvalue weighted by molar-refractivity contribution is 1.12. The van der Waals surface area contributed by atoms with Crippen LogP contribution in [0.1, 0.15) is 5.69 Å². The van der Waals surface area contributed by atoms with Gasteiger partial charge in [-0.05, 0) is 35.0 Å². The van der Waals surface area contributed by atoms with Gasteiger partial charge in [0, 0.05) is 12.7 Å². The molecule has 0 radical (unpaired) electrons. The van der Waals surface area contributed by atoms with Gasteiger partial charge in [0.25, 0.3) is 0 Å². The van der Waals surface area contributed by atoms with E-state index in [1.807, 2.05) is 42.3 Å². The zero-order valence-corrected chi connectivity index (χ0v) is 11.6. The normalized spacial score (nSPS) is 10.3. The monoisotopic (exact) mass is 274 g/mol. The lowest BCUT2D eigenvalue weighted by Gasteiger charge is -2.19. The van der Waals surface area contributed by atoms with Crippen molar-refractivity contribution in [3.05, 3.63) is 60.3 Å². The Kier molecular flexibility index (Phi) is 3.17. The molecule has 0 spiro atoms. The number of aromatic nitrogens is 1. The number of rotatable bonds is 2. The minimum Gasteiger partial charge on any atom is -0.396 e. The Morgan fingerprint density at radius 2 is 1.81 bits per heavy atom. The smallest absolute Gasteiger partial charge is 0.165 e. The molecule has 0 atom stereocenters. The van der Waals surface area contributed by atoms with Crippen molar-refractivity contribution in [1.29, 1.82) is 5.26 Å². The van der Waals surface area contributed by atoms with Gasteiger partial charge < -0.3 is 10.6 Å². The van der Waals surface area contributed by atoms with Crippen LogP contribution in [-0.4, -0.2) is 12.0 Å². The Balaban J connectivity index is 2.04. The number of hydrogen-bond acceptors (Lipinski definition) is 4. The first kappa shape index (κ1) is 12.9. The van der Waals surface area contributed by atoms with E-state index in [2.05, 4.69) is 29.2 Å². The van der Waals surface area contributed by atoms with E-state index in [1.165, 1.54) is 5.39 Å². The number of benzene rings is 2. The van der Waals surface area contributed by atoms with E-state index in [1.54, 1.807) is 6.07 Å². The highest BCUT2D eigenvalue weighted by Gasteiger charge is 2.09. The van der Waals surface area contributed by atoms with E-state index < -0.39 is 0 Å². The zero-order chi connectivity index (χ0) is 14.8. The molecule has 0 aliphatic rings. The summed E-state index contributed by atoms with van der Waals surface area (Å²) in [5.74, 6) is 0.691. The summed E-state index contributed by atoms with van der Waals surface area (Å²) in [5, 5.41) is 11.4. The molecule has 0 saturated carbocycles. The molecule has 1 heterocycles. The van der Waals surface area contributed by atoms with Crippen molar-refractivity contribution in [2.75, 3.05) is 17.7 Å². The predicted molar refractivity (Wildman–Crippen MR) is 85.4 cm³/mol. The number of nitrogens with two attached hydrogens (primary N) is 1. The second kappa shape index (κ2) is 5.14. The van der Waals surface area contributed by atoms with E-state index in [9.17, 15) is 0 Å². The molecule has 0 unspecified atom stereocenters. The molecule has 0 aliphatic heterocycles. The number of fused-ring (bicyclic) bond motifs is 1. The van der Waals surface area contributed by atoms with Crippen LogP contribution in [0.15, 0.2) is 54.6 Å². The summed E-state index contributed by atoms with van der Waals surface area (Å²) in [6.07, 6.45) is 0. The Labute approximate surface area is 123 Å². The number of nitrogens with zero attached hydrogens (tertiary/aromatic N) is 3. The highest BCUT2D eigenvalue weighted by Crippen LogP contribution is 2.26. The van der Waals surface area contributed by atoms with E-state index in [4.69, 9.17) is 11.0 Å². The summed E-state index contributed by atoms with van der Waals surface area (Å²) in [4.78, 5) is 6.22. The van der Waals surface area contributed by atoms with Crippen molar-refractivity contribution in [2.45, 2.75) is 0 Å². The van der Waals surface area contributed by atoms with Gasteiger partial charge in [-0.1, -0.05) is 30.3 Å². The minimum atomic E-state index is 0.250. The van der Waals surface area contributed by atoms with Gasteiger partial charge in [-0.25, -0.2) is 4.98 Å². The summed E-state index contributed by atoms with van der Waals surface area (Å²) >= 11 is 0. The second-order valence-electron chi connectivity index (χ2n) is 4.81. The fraction of sp³-hybridized carbons (Fsp3) is 0.0588. The quantitative estimate of drug-likeness (QED) is 0.777. The lowest BCUT2D eigenvalue weighted by atomic mass is 10.1. The molecule has 0 bridgehead atoms. The number of pyridine rings is 1. The highest BCUT2D eigenvalue weighted by atomic mass is 15.2. The SMILES string of the molecule is CN(c1ccc2ccccc2c1)c1ccc(N)c(C#N)n1. The lowest BCUT2D eigenvalue weighted by Crippen LogP contribution is -2.12. The van der Waals surface area contributed by atoms with Crippen LogP contribution < -0.4 is 10.6 Å². The summed E-state index contributed by atoms with van der Waals surface area (Å²) in [7, 11) is 1.92. The van der Waals surface area contributed by atoms with Crippen LogP contribution in [0.4, 0.5) is 17.2 Å². The van der Waals surface area contributed by atoms with Crippen molar-refractivity contribution >= 4 is 28.0 Å². The number of nitrogen functional groups attached to an aromatic ring is 1. The van der Waals surface area contributed by atoms with Crippen molar-refractivity contribution in [1.82, 2.24) is 4.98 Å². The molecule has 1 aromatic heterocycles. The molecular formula is C17H14N4. The predicted octanol–water partition coefficient (Wildman–Crippen LogP) is 3.46. The Hall–Kier alpha value is -3.06. The van der Waals surface area contributed by atoms with Crippen LogP contribution in [0.3, 0.4) is 0 Å². The van der Waals surface area contributed by atoms with Crippen LogP contribution >= 0.6 is 0 Å². The van der Waals surface area contributed by atoms with Crippen molar-refractivity contribution in [3.8, 4) is 6.07 Å². The van der Waals surface area contributed by atoms with E-state index in [0.29, 0.717) is 11.5 Å². The average molecular weight is 274 g/mol. The maximum absolute atomic E-state index is 9.03. The average Bonchev–Trinajstić information content (AvgIpc) is 2.54. The molecule has 4 heteroatoms. The van der Waals surface area contributed by atoms with Crippen molar-refractivity contribution in [3.63, 3.8) is 0 Å². The van der Waals surface area contributed by atoms with Crippen molar-refractivity contribution in [2.24, 2.45) is 0 Å². The van der Waals surface area contributed by atoms with Gasteiger partial charge in [-0.15, -0.1) is 0 Å². The maximum atomic E-state index is 9.03. The van der Waals surface area contributed by atoms with Gasteiger partial charge in [0.15, 0.2) is 5.69 Å². The fourth-order valence-corrected chi connectivity index (χ4v) is 2.25. The third-order valence-electron chi connectivity index (χ3n) is 3.48. The number of nitriles is 1. The van der Waals surface area contributed by atoms with Crippen LogP contribution in [-0.2, 0) is 0 Å². The molecule has 2 aromatic carbocycles. The van der Waals surface area contributed by atoms with Crippen LogP contribution in [0.5, 0.6) is 0 Å². The summed E-state index contributed by atoms with van der Waals surface area (Å²) in [6, 6.07) is 19.9. The van der Waals surface area contributed by atoms with E-state index in [-0.39, 0.29) is 5.69 Å². The van der Waals surface area contributed by atoms with E-state index >= 15 is 0 Å². The standard InChI is InChI=1S/C17H14N4/c1-21(17-9-8-15(19)16(11-18)20-17)14-7-6-12-4-2-3-5-13(12)10-14/h2-10H,19H2,1H3. The van der Waals surface area contributed by atoms with Gasteiger partial charge >= 0.3 is 0 Å². The highest BCUT2D eigenvalue weighted by molar-refractivity contribution is 5.86. The van der Waals surface area contributed by atoms with Gasteiger partial charge in [-0.3, -0.25) is 0 Å². The van der Waals surface area contributed by atoms with Gasteiger partial charge in [0.2, 0.25) is 0 Å². The third-order valence-corrected chi connectivity index (χ3v) is 3.48. The first-order chi connectivity index (χ1) is 10.2. The summed E-state index contributed by atoms with van der Waals surface area (Å²) in [6.45, 7) is 0. The molecule has 3 rings (SSSR count). The molecule has 4 nitrogen and oxygen atoms in total. The first-order valence-electron chi connectivity index (χ1n) is 6.58. The van der Waals surface area contributed by atoms with Gasteiger partial charge in [-0.2, -0.15) is 5.26 Å². The van der Waals surface area contributed by atoms with E-state index in [0.717, 1.165) is 11.1 Å². The third kappa shape index (κ3) is 2.37. The minimum absolute atomic E-state index is 0.250. The number of hydrogen-bond donors (Lipinski definition) is 1. The maximum Gasteiger partial charge on any atom is 0.165 e. The van der Waals surface area contributed by atoms with Crippen LogP contribution in [0.25, 0.3) is 10.8 Å². The Morgan fingerprint density at radius 1 is 1.05 bits per heavy atom. The molecule has 21 heavy (non-hydrogen) atoms. The van der Waals surface area contributed by atoms with Gasteiger partial charge in [0.1, 0.15) is 11.9 Å². The molecule has 0 fully saturated rings. The first-order valence-corrected chi connectivity index (χ1v) is 6.58. The molecule has 2 N–H and O–H groups in total. The Morgan fingerprint density at radius 3 is 2.57 bits per heavy atom. The molecule has 0 amide bonds. The fourth-order valence-electron chi connectivity index (χ4n) is 2.25. The molecular weight excluding hydrogens is 260 g/mol. The molecule has 0 aliphatic carbocycles. The van der Waals surface area contributed by atoms with Crippen LogP contribution in [0.2, 0.25) is 0 Å². The van der Waals surface area contributed by atoms with Crippen molar-refractivity contribution < 1.29 is 0 Å². The Bertz CT molecular complexity index is 849. The number of anilines is 3.